The molecule has 1 N–H and O–H groups in total. The molecule has 2 aromatic carbocycles. The van der Waals surface area contributed by atoms with E-state index in [4.69, 9.17) is 9.68 Å². The molecule has 1 aromatic heterocycles. The van der Waals surface area contributed by atoms with Gasteiger partial charge in [-0.2, -0.15) is 5.26 Å². The van der Waals surface area contributed by atoms with Gasteiger partial charge in [-0.05, 0) is 36.4 Å². The highest BCUT2D eigenvalue weighted by Crippen LogP contribution is 2.18. The number of nitrogens with one attached hydrogen (secondary N) is 1. The monoisotopic (exact) mass is 350 g/mol. The van der Waals surface area contributed by atoms with Crippen LogP contribution >= 0.6 is 11.8 Å². The van der Waals surface area contributed by atoms with Crippen molar-refractivity contribution in [3.63, 3.8) is 0 Å². The van der Waals surface area contributed by atoms with Crippen LogP contribution in [0.1, 0.15) is 21.8 Å². The van der Waals surface area contributed by atoms with Gasteiger partial charge in [0.2, 0.25) is 5.89 Å². The van der Waals surface area contributed by atoms with Gasteiger partial charge in [0.1, 0.15) is 0 Å². The average Bonchev–Trinajstić information content (AvgIpc) is 3.10. The zero-order valence-electron chi connectivity index (χ0n) is 13.2. The van der Waals surface area contributed by atoms with Gasteiger partial charge in [-0.15, -0.1) is 16.9 Å². The quantitative estimate of drug-likeness (QED) is 0.684. The van der Waals surface area contributed by atoms with E-state index in [1.807, 2.05) is 36.4 Å². The second-order valence-corrected chi connectivity index (χ2v) is 6.22. The van der Waals surface area contributed by atoms with Crippen molar-refractivity contribution in [1.82, 2.24) is 10.2 Å². The van der Waals surface area contributed by atoms with Gasteiger partial charge in [-0.1, -0.05) is 23.3 Å². The van der Waals surface area contributed by atoms with E-state index in [0.29, 0.717) is 23.4 Å². The number of thioether (sulfide) groups is 1. The number of rotatable bonds is 6. The Labute approximate surface area is 148 Å². The van der Waals surface area contributed by atoms with E-state index >= 15 is 0 Å². The molecule has 0 saturated heterocycles. The van der Waals surface area contributed by atoms with E-state index < -0.39 is 0 Å². The first-order chi connectivity index (χ1) is 12.2. The van der Waals surface area contributed by atoms with E-state index in [2.05, 4.69) is 15.5 Å². The Morgan fingerprint density at radius 3 is 2.60 bits per heavy atom. The molecule has 0 aliphatic heterocycles. The number of hydrogen-bond donors (Lipinski definition) is 1. The number of nitriles is 1. The van der Waals surface area contributed by atoms with Gasteiger partial charge in [0.15, 0.2) is 0 Å². The maximum atomic E-state index is 12.1. The Morgan fingerprint density at radius 1 is 1.12 bits per heavy atom. The number of amides is 1. The van der Waals surface area contributed by atoms with Gasteiger partial charge in [0, 0.05) is 22.6 Å². The third kappa shape index (κ3) is 4.68. The van der Waals surface area contributed by atoms with Crippen molar-refractivity contribution in [2.24, 2.45) is 0 Å². The van der Waals surface area contributed by atoms with Crippen LogP contribution in [-0.2, 0) is 6.42 Å². The summed E-state index contributed by atoms with van der Waals surface area (Å²) >= 11 is 1.70. The normalized spacial score (nSPS) is 10.2. The molecule has 1 amide bonds. The van der Waals surface area contributed by atoms with Crippen molar-refractivity contribution in [1.29, 1.82) is 5.26 Å². The van der Waals surface area contributed by atoms with Gasteiger partial charge >= 0.3 is 6.01 Å². The van der Waals surface area contributed by atoms with Gasteiger partial charge in [0.25, 0.3) is 5.91 Å². The molecule has 1 heterocycles. The Morgan fingerprint density at radius 2 is 1.88 bits per heavy atom. The summed E-state index contributed by atoms with van der Waals surface area (Å²) in [5, 5.41) is 19.1. The highest BCUT2D eigenvalue weighted by molar-refractivity contribution is 7.99. The minimum Gasteiger partial charge on any atom is -0.408 e. The summed E-state index contributed by atoms with van der Waals surface area (Å²) in [6.07, 6.45) is 0.610. The largest absolute Gasteiger partial charge is 0.408 e. The zero-order valence-corrected chi connectivity index (χ0v) is 14.0. The first-order valence-corrected chi connectivity index (χ1v) is 8.55. The molecule has 3 aromatic rings. The Balaban J connectivity index is 1.52. The van der Waals surface area contributed by atoms with Crippen LogP contribution < -0.4 is 5.32 Å². The molecule has 0 fully saturated rings. The number of benzene rings is 2. The fraction of sp³-hybridized carbons (Fsp3) is 0.111. The number of aromatic nitrogens is 2. The molecule has 0 atom stereocenters. The van der Waals surface area contributed by atoms with Crippen LogP contribution in [0, 0.1) is 11.3 Å². The number of anilines is 1. The summed E-state index contributed by atoms with van der Waals surface area (Å²) < 4.78 is 5.44. The second kappa shape index (κ2) is 8.13. The van der Waals surface area contributed by atoms with Crippen molar-refractivity contribution in [3.8, 4) is 6.07 Å². The van der Waals surface area contributed by atoms with Crippen LogP contribution in [0.3, 0.4) is 0 Å². The highest BCUT2D eigenvalue weighted by atomic mass is 32.2. The fourth-order valence-electron chi connectivity index (χ4n) is 2.04. The first kappa shape index (κ1) is 16.7. The lowest BCUT2D eigenvalue weighted by molar-refractivity contribution is 0.102. The number of hydrogen-bond acceptors (Lipinski definition) is 6. The molecule has 124 valence electrons. The number of carbonyl (C=O) groups is 1. The predicted molar refractivity (Wildman–Crippen MR) is 94.3 cm³/mol. The Kier molecular flexibility index (Phi) is 5.44. The van der Waals surface area contributed by atoms with E-state index in [0.717, 1.165) is 5.75 Å². The molecule has 0 aliphatic carbocycles. The van der Waals surface area contributed by atoms with Crippen LogP contribution in [-0.4, -0.2) is 21.9 Å². The summed E-state index contributed by atoms with van der Waals surface area (Å²) in [6.45, 7) is 0. The van der Waals surface area contributed by atoms with E-state index in [1.54, 1.807) is 36.0 Å². The lowest BCUT2D eigenvalue weighted by Crippen LogP contribution is -2.12. The third-order valence-corrected chi connectivity index (χ3v) is 4.31. The van der Waals surface area contributed by atoms with Crippen molar-refractivity contribution < 1.29 is 9.21 Å². The highest BCUT2D eigenvalue weighted by Gasteiger charge is 2.11. The molecule has 0 bridgehead atoms. The van der Waals surface area contributed by atoms with Crippen LogP contribution in [0.4, 0.5) is 6.01 Å². The van der Waals surface area contributed by atoms with Crippen LogP contribution in [0.25, 0.3) is 0 Å². The maximum Gasteiger partial charge on any atom is 0.322 e. The van der Waals surface area contributed by atoms with Gasteiger partial charge < -0.3 is 4.42 Å². The topological polar surface area (TPSA) is 91.8 Å². The molecular weight excluding hydrogens is 336 g/mol. The molecule has 3 rings (SSSR count). The lowest BCUT2D eigenvalue weighted by atomic mass is 10.1. The summed E-state index contributed by atoms with van der Waals surface area (Å²) in [5.74, 6) is 0.909. The molecule has 0 aliphatic rings. The van der Waals surface area contributed by atoms with Crippen molar-refractivity contribution in [3.05, 3.63) is 71.6 Å². The number of aryl methyl sites for hydroxylation is 1. The van der Waals surface area contributed by atoms with Crippen LogP contribution in [0.5, 0.6) is 0 Å². The zero-order chi connectivity index (χ0) is 17.5. The molecule has 0 saturated carbocycles. The summed E-state index contributed by atoms with van der Waals surface area (Å²) in [7, 11) is 0. The maximum absolute atomic E-state index is 12.1. The van der Waals surface area contributed by atoms with Crippen molar-refractivity contribution in [2.45, 2.75) is 11.3 Å². The number of nitrogens with zero attached hydrogens (tertiary/aromatic N) is 3. The molecular formula is C18H14N4O2S. The SMILES string of the molecule is N#Cc1ccc(C(=O)Nc2nnc(CCSc3ccccc3)o2)cc1. The minimum absolute atomic E-state index is 0.0640. The van der Waals surface area contributed by atoms with Crippen molar-refractivity contribution in [2.75, 3.05) is 11.1 Å². The van der Waals surface area contributed by atoms with Gasteiger partial charge in [-0.3, -0.25) is 10.1 Å². The molecule has 0 unspecified atom stereocenters. The van der Waals surface area contributed by atoms with E-state index in [-0.39, 0.29) is 11.9 Å². The average molecular weight is 350 g/mol. The Bertz CT molecular complexity index is 885. The molecule has 6 nitrogen and oxygen atoms in total. The fourth-order valence-corrected chi connectivity index (χ4v) is 2.91. The number of carbonyl (C=O) groups excluding carboxylic acids is 1. The standard InChI is InChI=1S/C18H14N4O2S/c19-12-13-6-8-14(9-7-13)17(23)20-18-22-21-16(24-18)10-11-25-15-4-2-1-3-5-15/h1-9H,10-11H2,(H,20,22,23). The van der Waals surface area contributed by atoms with E-state index in [1.165, 1.54) is 4.90 Å². The second-order valence-electron chi connectivity index (χ2n) is 5.06. The summed E-state index contributed by atoms with van der Waals surface area (Å²) in [6, 6.07) is 18.4. The molecule has 0 radical (unpaired) electrons. The smallest absolute Gasteiger partial charge is 0.322 e. The van der Waals surface area contributed by atoms with Crippen molar-refractivity contribution >= 4 is 23.7 Å². The van der Waals surface area contributed by atoms with E-state index in [9.17, 15) is 4.79 Å². The lowest BCUT2D eigenvalue weighted by Gasteiger charge is -2.00. The van der Waals surface area contributed by atoms with Gasteiger partial charge in [0.05, 0.1) is 11.6 Å². The van der Waals surface area contributed by atoms with Gasteiger partial charge in [-0.25, -0.2) is 0 Å². The molecule has 7 heteroatoms. The predicted octanol–water partition coefficient (Wildman–Crippen LogP) is 3.53. The molecule has 0 spiro atoms. The van der Waals surface area contributed by atoms with Crippen LogP contribution in [0.15, 0.2) is 63.9 Å². The summed E-state index contributed by atoms with van der Waals surface area (Å²) in [5.41, 5.74) is 0.908. The Hall–Kier alpha value is -3.11. The summed E-state index contributed by atoms with van der Waals surface area (Å²) in [4.78, 5) is 13.3. The molecule has 25 heavy (non-hydrogen) atoms. The first-order valence-electron chi connectivity index (χ1n) is 7.56. The third-order valence-electron chi connectivity index (χ3n) is 3.29. The minimum atomic E-state index is -0.363. The van der Waals surface area contributed by atoms with Crippen LogP contribution in [0.2, 0.25) is 0 Å².